The molecule has 0 radical (unpaired) electrons. The third kappa shape index (κ3) is 5.64. The van der Waals surface area contributed by atoms with Gasteiger partial charge in [0.15, 0.2) is 0 Å². The number of hydrogen-bond acceptors (Lipinski definition) is 3. The molecular formula is C20H24N2O3. The summed E-state index contributed by atoms with van der Waals surface area (Å²) in [5, 5.41) is 2.85. The number of benzene rings is 2. The van der Waals surface area contributed by atoms with E-state index in [9.17, 15) is 9.59 Å². The maximum absolute atomic E-state index is 12.4. The van der Waals surface area contributed by atoms with E-state index in [-0.39, 0.29) is 17.9 Å². The normalized spacial score (nSPS) is 10.4. The molecule has 0 saturated heterocycles. The highest BCUT2D eigenvalue weighted by molar-refractivity contribution is 6.04. The number of ether oxygens (including phenoxy) is 1. The van der Waals surface area contributed by atoms with Crippen LogP contribution in [0.4, 0.5) is 5.69 Å². The van der Waals surface area contributed by atoms with E-state index < -0.39 is 0 Å². The van der Waals surface area contributed by atoms with Gasteiger partial charge in [-0.1, -0.05) is 18.2 Å². The molecule has 5 heteroatoms. The number of carbonyl (C=O) groups excluding carboxylic acids is 2. The van der Waals surface area contributed by atoms with Gasteiger partial charge >= 0.3 is 0 Å². The molecule has 0 saturated carbocycles. The fraction of sp³-hybridized carbons (Fsp3) is 0.300. The van der Waals surface area contributed by atoms with Crippen LogP contribution in [0.2, 0.25) is 0 Å². The van der Waals surface area contributed by atoms with Gasteiger partial charge in [-0.05, 0) is 49.7 Å². The van der Waals surface area contributed by atoms with Crippen molar-refractivity contribution >= 4 is 17.5 Å². The topological polar surface area (TPSA) is 58.6 Å². The molecule has 0 heterocycles. The van der Waals surface area contributed by atoms with Crippen molar-refractivity contribution in [2.24, 2.45) is 0 Å². The van der Waals surface area contributed by atoms with Gasteiger partial charge in [0.2, 0.25) is 5.91 Å². The second kappa shape index (κ2) is 8.33. The monoisotopic (exact) mass is 340 g/mol. The lowest BCUT2D eigenvalue weighted by molar-refractivity contribution is -0.127. The second-order valence-electron chi connectivity index (χ2n) is 6.31. The van der Waals surface area contributed by atoms with Crippen molar-refractivity contribution in [2.45, 2.75) is 26.4 Å². The van der Waals surface area contributed by atoms with Crippen LogP contribution in [-0.2, 0) is 11.2 Å². The van der Waals surface area contributed by atoms with Crippen molar-refractivity contribution < 1.29 is 14.3 Å². The molecule has 0 aliphatic carbocycles. The smallest absolute Gasteiger partial charge is 0.255 e. The molecule has 0 bridgehead atoms. The average molecular weight is 340 g/mol. The van der Waals surface area contributed by atoms with E-state index >= 15 is 0 Å². The Morgan fingerprint density at radius 2 is 1.76 bits per heavy atom. The summed E-state index contributed by atoms with van der Waals surface area (Å²) in [6.07, 6.45) is 0.395. The van der Waals surface area contributed by atoms with Crippen LogP contribution in [0.1, 0.15) is 29.8 Å². The Labute approximate surface area is 148 Å². The van der Waals surface area contributed by atoms with Crippen molar-refractivity contribution in [3.63, 3.8) is 0 Å². The molecule has 2 aromatic rings. The minimum atomic E-state index is -0.202. The Bertz CT molecular complexity index is 737. The zero-order valence-corrected chi connectivity index (χ0v) is 15.1. The summed E-state index contributed by atoms with van der Waals surface area (Å²) in [5.41, 5.74) is 2.12. The maximum Gasteiger partial charge on any atom is 0.255 e. The largest absolute Gasteiger partial charge is 0.491 e. The van der Waals surface area contributed by atoms with E-state index in [1.807, 2.05) is 32.0 Å². The molecule has 132 valence electrons. The van der Waals surface area contributed by atoms with E-state index in [0.717, 1.165) is 5.56 Å². The van der Waals surface area contributed by atoms with E-state index in [2.05, 4.69) is 5.32 Å². The van der Waals surface area contributed by atoms with E-state index in [0.29, 0.717) is 23.4 Å². The third-order valence-electron chi connectivity index (χ3n) is 3.53. The van der Waals surface area contributed by atoms with Crippen LogP contribution < -0.4 is 10.1 Å². The first-order chi connectivity index (χ1) is 11.8. The Morgan fingerprint density at radius 1 is 1.08 bits per heavy atom. The Balaban J connectivity index is 2.02. The number of hydrogen-bond donors (Lipinski definition) is 1. The van der Waals surface area contributed by atoms with Gasteiger partial charge in [0.1, 0.15) is 5.75 Å². The van der Waals surface area contributed by atoms with E-state index in [1.165, 1.54) is 0 Å². The lowest BCUT2D eigenvalue weighted by atomic mass is 10.1. The third-order valence-corrected chi connectivity index (χ3v) is 3.53. The Morgan fingerprint density at radius 3 is 2.36 bits per heavy atom. The number of carbonyl (C=O) groups is 2. The highest BCUT2D eigenvalue weighted by atomic mass is 16.5. The van der Waals surface area contributed by atoms with Crippen LogP contribution in [0, 0.1) is 0 Å². The molecule has 1 N–H and O–H groups in total. The predicted octanol–water partition coefficient (Wildman–Crippen LogP) is 3.36. The van der Waals surface area contributed by atoms with Crippen molar-refractivity contribution in [3.05, 3.63) is 59.7 Å². The molecule has 2 rings (SSSR count). The van der Waals surface area contributed by atoms with Gasteiger partial charge in [-0.2, -0.15) is 0 Å². The molecular weight excluding hydrogens is 316 g/mol. The van der Waals surface area contributed by atoms with Crippen LogP contribution in [0.3, 0.4) is 0 Å². The highest BCUT2D eigenvalue weighted by Crippen LogP contribution is 2.17. The van der Waals surface area contributed by atoms with Crippen molar-refractivity contribution in [2.75, 3.05) is 19.4 Å². The summed E-state index contributed by atoms with van der Waals surface area (Å²) in [5.74, 6) is 0.505. The summed E-state index contributed by atoms with van der Waals surface area (Å²) in [6, 6.07) is 14.4. The van der Waals surface area contributed by atoms with Crippen LogP contribution in [0.15, 0.2) is 48.5 Å². The summed E-state index contributed by atoms with van der Waals surface area (Å²) in [4.78, 5) is 25.6. The molecule has 25 heavy (non-hydrogen) atoms. The molecule has 2 amide bonds. The van der Waals surface area contributed by atoms with Crippen molar-refractivity contribution in [3.8, 4) is 5.75 Å². The zero-order valence-electron chi connectivity index (χ0n) is 15.1. The molecule has 0 unspecified atom stereocenters. The van der Waals surface area contributed by atoms with Gasteiger partial charge in [0, 0.05) is 25.3 Å². The van der Waals surface area contributed by atoms with Gasteiger partial charge in [-0.3, -0.25) is 9.59 Å². The molecule has 0 fully saturated rings. The molecule has 0 spiro atoms. The number of nitrogens with one attached hydrogen (secondary N) is 1. The first-order valence-electron chi connectivity index (χ1n) is 8.22. The van der Waals surface area contributed by atoms with Gasteiger partial charge in [-0.25, -0.2) is 0 Å². The van der Waals surface area contributed by atoms with Crippen molar-refractivity contribution in [1.29, 1.82) is 0 Å². The fourth-order valence-corrected chi connectivity index (χ4v) is 2.22. The first kappa shape index (κ1) is 18.5. The predicted molar refractivity (Wildman–Crippen MR) is 99.0 cm³/mol. The molecule has 0 aromatic heterocycles. The minimum Gasteiger partial charge on any atom is -0.491 e. The van der Waals surface area contributed by atoms with Crippen LogP contribution in [0.5, 0.6) is 5.75 Å². The summed E-state index contributed by atoms with van der Waals surface area (Å²) in [7, 11) is 3.46. The Hall–Kier alpha value is -2.82. The quantitative estimate of drug-likeness (QED) is 0.877. The SMILES string of the molecule is CC(C)Oc1cccc(C(=O)Nc2ccc(CC(=O)N(C)C)cc2)c1. The molecule has 0 aliphatic heterocycles. The van der Waals surface area contributed by atoms with Crippen molar-refractivity contribution in [1.82, 2.24) is 4.90 Å². The van der Waals surface area contributed by atoms with Crippen LogP contribution in [-0.4, -0.2) is 36.9 Å². The van der Waals surface area contributed by atoms with Gasteiger partial charge in [-0.15, -0.1) is 0 Å². The van der Waals surface area contributed by atoms with Gasteiger partial charge in [0.25, 0.3) is 5.91 Å². The number of likely N-dealkylation sites (N-methyl/N-ethyl adjacent to an activating group) is 1. The highest BCUT2D eigenvalue weighted by Gasteiger charge is 2.09. The van der Waals surface area contributed by atoms with Crippen LogP contribution >= 0.6 is 0 Å². The van der Waals surface area contributed by atoms with E-state index in [1.54, 1.807) is 49.3 Å². The molecule has 2 aromatic carbocycles. The molecule has 0 atom stereocenters. The van der Waals surface area contributed by atoms with Crippen LogP contribution in [0.25, 0.3) is 0 Å². The lowest BCUT2D eigenvalue weighted by Gasteiger charge is -2.12. The second-order valence-corrected chi connectivity index (χ2v) is 6.31. The average Bonchev–Trinajstić information content (AvgIpc) is 2.56. The number of nitrogens with zero attached hydrogens (tertiary/aromatic N) is 1. The Kier molecular flexibility index (Phi) is 6.17. The number of amides is 2. The zero-order chi connectivity index (χ0) is 18.4. The van der Waals surface area contributed by atoms with Gasteiger partial charge in [0.05, 0.1) is 12.5 Å². The molecule has 5 nitrogen and oxygen atoms in total. The lowest BCUT2D eigenvalue weighted by Crippen LogP contribution is -2.23. The minimum absolute atomic E-state index is 0.0405. The number of rotatable bonds is 6. The molecule has 0 aliphatic rings. The van der Waals surface area contributed by atoms with E-state index in [4.69, 9.17) is 4.74 Å². The standard InChI is InChI=1S/C20H24N2O3/c1-14(2)25-18-7-5-6-16(13-18)20(24)21-17-10-8-15(9-11-17)12-19(23)22(3)4/h5-11,13-14H,12H2,1-4H3,(H,21,24). The maximum atomic E-state index is 12.4. The first-order valence-corrected chi connectivity index (χ1v) is 8.22. The summed E-state index contributed by atoms with van der Waals surface area (Å²) >= 11 is 0. The fourth-order valence-electron chi connectivity index (χ4n) is 2.22. The number of anilines is 1. The summed E-state index contributed by atoms with van der Waals surface area (Å²) in [6.45, 7) is 3.88. The summed E-state index contributed by atoms with van der Waals surface area (Å²) < 4.78 is 5.61. The van der Waals surface area contributed by atoms with Gasteiger partial charge < -0.3 is 15.0 Å².